The lowest BCUT2D eigenvalue weighted by Gasteiger charge is -2.14. The Morgan fingerprint density at radius 2 is 2.18 bits per heavy atom. The maximum Gasteiger partial charge on any atom is 0.151 e. The van der Waals surface area contributed by atoms with Gasteiger partial charge in [0.05, 0.1) is 11.8 Å². The molecule has 0 aromatic carbocycles. The summed E-state index contributed by atoms with van der Waals surface area (Å²) in [7, 11) is -2.88. The SMILES string of the molecule is CCCS(=O)(=O)CCNC(CC)c1nccs1. The molecule has 0 saturated heterocycles. The van der Waals surface area contributed by atoms with Gasteiger partial charge in [-0.25, -0.2) is 13.4 Å². The predicted molar refractivity (Wildman–Crippen MR) is 72.1 cm³/mol. The van der Waals surface area contributed by atoms with Crippen LogP contribution in [-0.4, -0.2) is 31.5 Å². The second-order valence-electron chi connectivity index (χ2n) is 3.94. The molecular formula is C11H20N2O2S2. The maximum atomic E-state index is 11.5. The Morgan fingerprint density at radius 1 is 1.41 bits per heavy atom. The van der Waals surface area contributed by atoms with E-state index in [0.717, 1.165) is 11.4 Å². The molecule has 0 radical (unpaired) electrons. The lowest BCUT2D eigenvalue weighted by atomic mass is 10.2. The molecule has 17 heavy (non-hydrogen) atoms. The number of thiazole rings is 1. The number of nitrogens with zero attached hydrogens (tertiary/aromatic N) is 1. The van der Waals surface area contributed by atoms with Gasteiger partial charge in [-0.2, -0.15) is 0 Å². The average molecular weight is 276 g/mol. The summed E-state index contributed by atoms with van der Waals surface area (Å²) in [5.74, 6) is 0.492. The standard InChI is InChI=1S/C11H20N2O2S2/c1-3-8-17(14,15)9-6-12-10(4-2)11-13-5-7-16-11/h5,7,10,12H,3-4,6,8-9H2,1-2H3. The second-order valence-corrected chi connectivity index (χ2v) is 7.17. The van der Waals surface area contributed by atoms with Crippen molar-refractivity contribution in [1.82, 2.24) is 10.3 Å². The Labute approximate surface area is 107 Å². The molecule has 0 aliphatic rings. The van der Waals surface area contributed by atoms with Gasteiger partial charge in [0, 0.05) is 23.9 Å². The van der Waals surface area contributed by atoms with Gasteiger partial charge in [0.25, 0.3) is 0 Å². The summed E-state index contributed by atoms with van der Waals surface area (Å²) in [6.07, 6.45) is 3.38. The van der Waals surface area contributed by atoms with E-state index in [9.17, 15) is 8.42 Å². The molecule has 0 spiro atoms. The highest BCUT2D eigenvalue weighted by atomic mass is 32.2. The van der Waals surface area contributed by atoms with Crippen molar-refractivity contribution in [1.29, 1.82) is 0 Å². The molecule has 0 bridgehead atoms. The van der Waals surface area contributed by atoms with Crippen molar-refractivity contribution >= 4 is 21.2 Å². The summed E-state index contributed by atoms with van der Waals surface area (Å²) in [5, 5.41) is 6.22. The minimum absolute atomic E-state index is 0.173. The minimum atomic E-state index is -2.88. The lowest BCUT2D eigenvalue weighted by Crippen LogP contribution is -2.27. The van der Waals surface area contributed by atoms with E-state index in [4.69, 9.17) is 0 Å². The Kier molecular flexibility index (Phi) is 6.08. The normalized spacial score (nSPS) is 13.8. The highest BCUT2D eigenvalue weighted by molar-refractivity contribution is 7.91. The number of rotatable bonds is 8. The topological polar surface area (TPSA) is 59.1 Å². The first kappa shape index (κ1) is 14.6. The molecule has 1 unspecified atom stereocenters. The molecular weight excluding hydrogens is 256 g/mol. The van der Waals surface area contributed by atoms with E-state index in [2.05, 4.69) is 17.2 Å². The van der Waals surface area contributed by atoms with Crippen LogP contribution in [0.25, 0.3) is 0 Å². The molecule has 0 aliphatic heterocycles. The number of sulfone groups is 1. The molecule has 6 heteroatoms. The van der Waals surface area contributed by atoms with E-state index in [-0.39, 0.29) is 17.5 Å². The first-order valence-electron chi connectivity index (χ1n) is 5.92. The van der Waals surface area contributed by atoms with Crippen molar-refractivity contribution < 1.29 is 8.42 Å². The third-order valence-corrected chi connectivity index (χ3v) is 5.22. The molecule has 0 saturated carbocycles. The van der Waals surface area contributed by atoms with Crippen LogP contribution >= 0.6 is 11.3 Å². The smallest absolute Gasteiger partial charge is 0.151 e. The number of hydrogen-bond acceptors (Lipinski definition) is 5. The van der Waals surface area contributed by atoms with Crippen molar-refractivity contribution in [2.75, 3.05) is 18.1 Å². The van der Waals surface area contributed by atoms with Gasteiger partial charge in [-0.15, -0.1) is 11.3 Å². The minimum Gasteiger partial charge on any atom is -0.307 e. The van der Waals surface area contributed by atoms with Crippen LogP contribution in [0.15, 0.2) is 11.6 Å². The molecule has 1 atom stereocenters. The van der Waals surface area contributed by atoms with E-state index in [1.807, 2.05) is 12.3 Å². The monoisotopic (exact) mass is 276 g/mol. The van der Waals surface area contributed by atoms with Crippen LogP contribution in [-0.2, 0) is 9.84 Å². The summed E-state index contributed by atoms with van der Waals surface area (Å²) < 4.78 is 23.1. The van der Waals surface area contributed by atoms with E-state index in [1.54, 1.807) is 17.5 Å². The molecule has 0 fully saturated rings. The van der Waals surface area contributed by atoms with Crippen LogP contribution in [0.2, 0.25) is 0 Å². The fourth-order valence-electron chi connectivity index (χ4n) is 1.61. The number of nitrogens with one attached hydrogen (secondary N) is 1. The van der Waals surface area contributed by atoms with Gasteiger partial charge in [-0.3, -0.25) is 0 Å². The first-order valence-corrected chi connectivity index (χ1v) is 8.62. The highest BCUT2D eigenvalue weighted by Crippen LogP contribution is 2.18. The summed E-state index contributed by atoms with van der Waals surface area (Å²) in [4.78, 5) is 4.25. The zero-order valence-corrected chi connectivity index (χ0v) is 12.0. The summed E-state index contributed by atoms with van der Waals surface area (Å²) in [6, 6.07) is 0.173. The zero-order chi connectivity index (χ0) is 12.7. The zero-order valence-electron chi connectivity index (χ0n) is 10.3. The average Bonchev–Trinajstić information content (AvgIpc) is 2.77. The van der Waals surface area contributed by atoms with Crippen LogP contribution in [0.5, 0.6) is 0 Å². The summed E-state index contributed by atoms with van der Waals surface area (Å²) in [5.41, 5.74) is 0. The van der Waals surface area contributed by atoms with Gasteiger partial charge in [0.2, 0.25) is 0 Å². The molecule has 98 valence electrons. The van der Waals surface area contributed by atoms with E-state index < -0.39 is 9.84 Å². The van der Waals surface area contributed by atoms with Gasteiger partial charge in [0.1, 0.15) is 5.01 Å². The third kappa shape index (κ3) is 5.14. The Balaban J connectivity index is 2.39. The second kappa shape index (κ2) is 7.08. The van der Waals surface area contributed by atoms with E-state index in [1.165, 1.54) is 0 Å². The Hall–Kier alpha value is -0.460. The molecule has 1 aromatic heterocycles. The maximum absolute atomic E-state index is 11.5. The van der Waals surface area contributed by atoms with Crippen molar-refractivity contribution in [3.63, 3.8) is 0 Å². The molecule has 1 N–H and O–H groups in total. The molecule has 1 rings (SSSR count). The molecule has 0 amide bonds. The quantitative estimate of drug-likeness (QED) is 0.789. The fraction of sp³-hybridized carbons (Fsp3) is 0.727. The van der Waals surface area contributed by atoms with E-state index >= 15 is 0 Å². The molecule has 0 aliphatic carbocycles. The van der Waals surface area contributed by atoms with Crippen LogP contribution in [0.4, 0.5) is 0 Å². The number of aromatic nitrogens is 1. The van der Waals surface area contributed by atoms with E-state index in [0.29, 0.717) is 13.0 Å². The first-order chi connectivity index (χ1) is 8.09. The molecule has 1 heterocycles. The Bertz CT molecular complexity index is 401. The summed E-state index contributed by atoms with van der Waals surface area (Å²) in [6.45, 7) is 4.45. The van der Waals surface area contributed by atoms with Crippen LogP contribution in [0.1, 0.15) is 37.7 Å². The van der Waals surface area contributed by atoms with Gasteiger partial charge < -0.3 is 5.32 Å². The van der Waals surface area contributed by atoms with Crippen molar-refractivity contribution in [2.45, 2.75) is 32.7 Å². The lowest BCUT2D eigenvalue weighted by molar-refractivity contribution is 0.529. The van der Waals surface area contributed by atoms with Crippen LogP contribution in [0.3, 0.4) is 0 Å². The van der Waals surface area contributed by atoms with Crippen LogP contribution < -0.4 is 5.32 Å². The van der Waals surface area contributed by atoms with Crippen molar-refractivity contribution in [3.8, 4) is 0 Å². The molecule has 1 aromatic rings. The van der Waals surface area contributed by atoms with Crippen molar-refractivity contribution in [2.24, 2.45) is 0 Å². The predicted octanol–water partition coefficient (Wildman–Crippen LogP) is 2.01. The largest absolute Gasteiger partial charge is 0.307 e. The fourth-order valence-corrected chi connectivity index (χ4v) is 3.67. The van der Waals surface area contributed by atoms with Crippen molar-refractivity contribution in [3.05, 3.63) is 16.6 Å². The van der Waals surface area contributed by atoms with Gasteiger partial charge in [0.15, 0.2) is 9.84 Å². The Morgan fingerprint density at radius 3 is 2.71 bits per heavy atom. The van der Waals surface area contributed by atoms with Gasteiger partial charge in [-0.05, 0) is 12.8 Å². The van der Waals surface area contributed by atoms with Gasteiger partial charge in [-0.1, -0.05) is 13.8 Å². The highest BCUT2D eigenvalue weighted by Gasteiger charge is 2.13. The molecule has 4 nitrogen and oxygen atoms in total. The third-order valence-electron chi connectivity index (χ3n) is 2.48. The number of hydrogen-bond donors (Lipinski definition) is 1. The summed E-state index contributed by atoms with van der Waals surface area (Å²) >= 11 is 1.60. The van der Waals surface area contributed by atoms with Gasteiger partial charge >= 0.3 is 0 Å². The van der Waals surface area contributed by atoms with Crippen LogP contribution in [0, 0.1) is 0 Å².